The van der Waals surface area contributed by atoms with E-state index in [1.165, 1.54) is 0 Å². The molecule has 1 unspecified atom stereocenters. The molecule has 1 aliphatic rings. The SMILES string of the molecule is COc1cc(C)nc(CNC2CCOC(C)(C)C2)c1. The van der Waals surface area contributed by atoms with Gasteiger partial charge in [-0.15, -0.1) is 0 Å². The first-order valence-corrected chi connectivity index (χ1v) is 6.87. The maximum atomic E-state index is 5.73. The molecule has 0 saturated carbocycles. The van der Waals surface area contributed by atoms with Gasteiger partial charge in [0.2, 0.25) is 0 Å². The second-order valence-corrected chi connectivity index (χ2v) is 5.82. The topological polar surface area (TPSA) is 43.4 Å². The Morgan fingerprint density at radius 1 is 1.47 bits per heavy atom. The van der Waals surface area contributed by atoms with Crippen LogP contribution in [0.4, 0.5) is 0 Å². The Bertz CT molecular complexity index is 432. The summed E-state index contributed by atoms with van der Waals surface area (Å²) in [6, 6.07) is 4.43. The molecule has 4 nitrogen and oxygen atoms in total. The van der Waals surface area contributed by atoms with E-state index in [0.29, 0.717) is 6.04 Å². The van der Waals surface area contributed by atoms with Crippen LogP contribution in [0.25, 0.3) is 0 Å². The quantitative estimate of drug-likeness (QED) is 0.907. The summed E-state index contributed by atoms with van der Waals surface area (Å²) in [6.07, 6.45) is 2.10. The molecule has 1 aliphatic heterocycles. The number of aromatic nitrogens is 1. The van der Waals surface area contributed by atoms with Crippen molar-refractivity contribution in [3.63, 3.8) is 0 Å². The predicted molar refractivity (Wildman–Crippen MR) is 75.4 cm³/mol. The van der Waals surface area contributed by atoms with Gasteiger partial charge in [-0.2, -0.15) is 0 Å². The Morgan fingerprint density at radius 2 is 2.26 bits per heavy atom. The Morgan fingerprint density at radius 3 is 2.95 bits per heavy atom. The molecular weight excluding hydrogens is 240 g/mol. The van der Waals surface area contributed by atoms with Crippen LogP contribution in [0.5, 0.6) is 5.75 Å². The molecule has 0 radical (unpaired) electrons. The average Bonchev–Trinajstić information content (AvgIpc) is 2.34. The lowest BCUT2D eigenvalue weighted by Gasteiger charge is -2.35. The van der Waals surface area contributed by atoms with Gasteiger partial charge in [0.1, 0.15) is 5.75 Å². The maximum absolute atomic E-state index is 5.73. The zero-order chi connectivity index (χ0) is 13.9. The third-order valence-electron chi connectivity index (χ3n) is 3.48. The molecule has 4 heteroatoms. The van der Waals surface area contributed by atoms with Crippen LogP contribution in [0.3, 0.4) is 0 Å². The van der Waals surface area contributed by atoms with E-state index in [4.69, 9.17) is 9.47 Å². The van der Waals surface area contributed by atoms with E-state index in [0.717, 1.165) is 43.1 Å². The van der Waals surface area contributed by atoms with E-state index in [1.54, 1.807) is 7.11 Å². The van der Waals surface area contributed by atoms with E-state index in [1.807, 2.05) is 19.1 Å². The van der Waals surface area contributed by atoms with Crippen molar-refractivity contribution in [3.8, 4) is 5.75 Å². The van der Waals surface area contributed by atoms with Gasteiger partial charge in [-0.05, 0) is 33.6 Å². The average molecular weight is 264 g/mol. The zero-order valence-electron chi connectivity index (χ0n) is 12.3. The van der Waals surface area contributed by atoms with Crippen molar-refractivity contribution in [2.75, 3.05) is 13.7 Å². The van der Waals surface area contributed by atoms with E-state index in [-0.39, 0.29) is 5.60 Å². The highest BCUT2D eigenvalue weighted by molar-refractivity contribution is 5.26. The Kier molecular flexibility index (Phi) is 4.42. The molecule has 106 valence electrons. The van der Waals surface area contributed by atoms with Crippen LogP contribution >= 0.6 is 0 Å². The Hall–Kier alpha value is -1.13. The van der Waals surface area contributed by atoms with Crippen LogP contribution in [0.1, 0.15) is 38.1 Å². The molecule has 1 atom stereocenters. The summed E-state index contributed by atoms with van der Waals surface area (Å²) in [5, 5.41) is 3.57. The van der Waals surface area contributed by atoms with Crippen LogP contribution in [-0.2, 0) is 11.3 Å². The number of aryl methyl sites for hydroxylation is 1. The molecule has 0 aromatic carbocycles. The van der Waals surface area contributed by atoms with Gasteiger partial charge in [0.15, 0.2) is 0 Å². The lowest BCUT2D eigenvalue weighted by molar-refractivity contribution is -0.0631. The molecule has 1 fully saturated rings. The van der Waals surface area contributed by atoms with Gasteiger partial charge in [-0.25, -0.2) is 0 Å². The van der Waals surface area contributed by atoms with Crippen LogP contribution in [0.2, 0.25) is 0 Å². The minimum atomic E-state index is -0.0202. The van der Waals surface area contributed by atoms with Crippen molar-refractivity contribution in [1.29, 1.82) is 0 Å². The third-order valence-corrected chi connectivity index (χ3v) is 3.48. The van der Waals surface area contributed by atoms with E-state index >= 15 is 0 Å². The van der Waals surface area contributed by atoms with Crippen LogP contribution in [-0.4, -0.2) is 30.3 Å². The molecule has 1 N–H and O–H groups in total. The normalized spacial score (nSPS) is 22.2. The molecule has 0 bridgehead atoms. The number of methoxy groups -OCH3 is 1. The smallest absolute Gasteiger partial charge is 0.122 e. The summed E-state index contributed by atoms with van der Waals surface area (Å²) in [7, 11) is 1.69. The fourth-order valence-corrected chi connectivity index (χ4v) is 2.57. The highest BCUT2D eigenvalue weighted by atomic mass is 16.5. The van der Waals surface area contributed by atoms with Crippen molar-refractivity contribution in [2.24, 2.45) is 0 Å². The minimum Gasteiger partial charge on any atom is -0.497 e. The first-order chi connectivity index (χ1) is 8.98. The van der Waals surface area contributed by atoms with Crippen molar-refractivity contribution >= 4 is 0 Å². The zero-order valence-corrected chi connectivity index (χ0v) is 12.3. The number of nitrogens with one attached hydrogen (secondary N) is 1. The first-order valence-electron chi connectivity index (χ1n) is 6.87. The summed E-state index contributed by atoms with van der Waals surface area (Å²) < 4.78 is 11.0. The fraction of sp³-hybridized carbons (Fsp3) is 0.667. The lowest BCUT2D eigenvalue weighted by atomic mass is 9.94. The molecule has 1 aromatic heterocycles. The molecule has 2 rings (SSSR count). The van der Waals surface area contributed by atoms with Gasteiger partial charge < -0.3 is 14.8 Å². The Balaban J connectivity index is 1.93. The summed E-state index contributed by atoms with van der Waals surface area (Å²) in [4.78, 5) is 4.53. The van der Waals surface area contributed by atoms with Gasteiger partial charge in [0.25, 0.3) is 0 Å². The first kappa shape index (κ1) is 14.3. The monoisotopic (exact) mass is 264 g/mol. The summed E-state index contributed by atoms with van der Waals surface area (Å²) >= 11 is 0. The summed E-state index contributed by atoms with van der Waals surface area (Å²) in [5.74, 6) is 0.872. The fourth-order valence-electron chi connectivity index (χ4n) is 2.57. The van der Waals surface area contributed by atoms with Gasteiger partial charge in [0, 0.05) is 37.0 Å². The number of nitrogens with zero attached hydrogens (tertiary/aromatic N) is 1. The van der Waals surface area contributed by atoms with Crippen molar-refractivity contribution in [1.82, 2.24) is 10.3 Å². The largest absolute Gasteiger partial charge is 0.497 e. The van der Waals surface area contributed by atoms with Gasteiger partial charge in [0.05, 0.1) is 18.4 Å². The molecular formula is C15H24N2O2. The van der Waals surface area contributed by atoms with Crippen LogP contribution in [0, 0.1) is 6.92 Å². The van der Waals surface area contributed by atoms with Gasteiger partial charge in [-0.1, -0.05) is 0 Å². The van der Waals surface area contributed by atoms with Gasteiger partial charge in [-0.3, -0.25) is 4.98 Å². The van der Waals surface area contributed by atoms with Crippen molar-refractivity contribution in [3.05, 3.63) is 23.5 Å². The predicted octanol–water partition coefficient (Wildman–Crippen LogP) is 2.45. The molecule has 2 heterocycles. The molecule has 1 aromatic rings. The van der Waals surface area contributed by atoms with E-state index in [2.05, 4.69) is 24.1 Å². The van der Waals surface area contributed by atoms with Crippen molar-refractivity contribution < 1.29 is 9.47 Å². The number of hydrogen-bond donors (Lipinski definition) is 1. The standard InChI is InChI=1S/C15H24N2O2/c1-11-7-14(18-4)8-13(17-11)10-16-12-5-6-19-15(2,3)9-12/h7-8,12,16H,5-6,9-10H2,1-4H3. The van der Waals surface area contributed by atoms with E-state index < -0.39 is 0 Å². The number of hydrogen-bond acceptors (Lipinski definition) is 4. The maximum Gasteiger partial charge on any atom is 0.122 e. The van der Waals surface area contributed by atoms with Crippen LogP contribution in [0.15, 0.2) is 12.1 Å². The second-order valence-electron chi connectivity index (χ2n) is 5.82. The summed E-state index contributed by atoms with van der Waals surface area (Å²) in [6.45, 7) is 7.89. The van der Waals surface area contributed by atoms with E-state index in [9.17, 15) is 0 Å². The highest BCUT2D eigenvalue weighted by Crippen LogP contribution is 2.24. The molecule has 19 heavy (non-hydrogen) atoms. The molecule has 0 spiro atoms. The third kappa shape index (κ3) is 4.18. The number of ether oxygens (including phenoxy) is 2. The second kappa shape index (κ2) is 5.88. The van der Waals surface area contributed by atoms with Crippen LogP contribution < -0.4 is 10.1 Å². The molecule has 1 saturated heterocycles. The lowest BCUT2D eigenvalue weighted by Crippen LogP contribution is -2.43. The number of pyridine rings is 1. The van der Waals surface area contributed by atoms with Crippen molar-refractivity contribution in [2.45, 2.75) is 51.8 Å². The summed E-state index contributed by atoms with van der Waals surface area (Å²) in [5.41, 5.74) is 2.00. The minimum absolute atomic E-state index is 0.0202. The highest BCUT2D eigenvalue weighted by Gasteiger charge is 2.28. The van der Waals surface area contributed by atoms with Gasteiger partial charge >= 0.3 is 0 Å². The molecule has 0 aliphatic carbocycles. The number of rotatable bonds is 4. The molecule has 0 amide bonds. The Labute approximate surface area is 115 Å².